The minimum Gasteiger partial charge on any atom is -0.477 e. The highest BCUT2D eigenvalue weighted by atomic mass is 16.6. The van der Waals surface area contributed by atoms with E-state index in [1.807, 2.05) is 39.8 Å². The third-order valence-corrected chi connectivity index (χ3v) is 3.29. The summed E-state index contributed by atoms with van der Waals surface area (Å²) < 4.78 is 11.1. The third kappa shape index (κ3) is 4.92. The molecule has 1 aliphatic heterocycles. The molecule has 2 rings (SSSR count). The van der Waals surface area contributed by atoms with Gasteiger partial charge in [0.05, 0.1) is 6.61 Å². The van der Waals surface area contributed by atoms with E-state index < -0.39 is 5.60 Å². The van der Waals surface area contributed by atoms with Crippen LogP contribution in [-0.4, -0.2) is 41.3 Å². The molecule has 1 atom stereocenters. The summed E-state index contributed by atoms with van der Waals surface area (Å²) in [4.78, 5) is 17.9. The second-order valence-electron chi connectivity index (χ2n) is 6.56. The van der Waals surface area contributed by atoms with Gasteiger partial charge in [0.1, 0.15) is 5.60 Å². The van der Waals surface area contributed by atoms with Crippen LogP contribution in [0.15, 0.2) is 18.3 Å². The highest BCUT2D eigenvalue weighted by Crippen LogP contribution is 2.20. The molecule has 0 N–H and O–H groups in total. The van der Waals surface area contributed by atoms with Gasteiger partial charge in [0.25, 0.3) is 0 Å². The molecule has 5 heteroatoms. The predicted molar refractivity (Wildman–Crippen MR) is 80.4 cm³/mol. The van der Waals surface area contributed by atoms with Gasteiger partial charge in [0.15, 0.2) is 0 Å². The van der Waals surface area contributed by atoms with Crippen LogP contribution < -0.4 is 4.74 Å². The lowest BCUT2D eigenvalue weighted by molar-refractivity contribution is 0.0284. The molecule has 0 aromatic carbocycles. The Morgan fingerprint density at radius 1 is 1.48 bits per heavy atom. The van der Waals surface area contributed by atoms with Crippen LogP contribution in [0.3, 0.4) is 0 Å². The van der Waals surface area contributed by atoms with Crippen LogP contribution in [0.2, 0.25) is 0 Å². The Hall–Kier alpha value is -1.78. The van der Waals surface area contributed by atoms with Gasteiger partial charge in [-0.2, -0.15) is 0 Å². The molecule has 1 aromatic rings. The standard InChI is InChI=1S/C16H24N2O3/c1-12-5-7-17-14(9-12)20-11-13-6-8-18(10-13)15(19)21-16(2,3)4/h5,7,9,13H,6,8,10-11H2,1-4H3/t13-/m0/s1. The second kappa shape index (κ2) is 6.33. The second-order valence-corrected chi connectivity index (χ2v) is 6.56. The molecule has 0 spiro atoms. The Labute approximate surface area is 126 Å². The average Bonchev–Trinajstić information content (AvgIpc) is 2.83. The van der Waals surface area contributed by atoms with E-state index in [2.05, 4.69) is 4.98 Å². The van der Waals surface area contributed by atoms with E-state index in [0.29, 0.717) is 24.9 Å². The first-order chi connectivity index (χ1) is 9.83. The van der Waals surface area contributed by atoms with Gasteiger partial charge in [-0.3, -0.25) is 0 Å². The minimum atomic E-state index is -0.447. The minimum absolute atomic E-state index is 0.237. The summed E-state index contributed by atoms with van der Waals surface area (Å²) in [5.41, 5.74) is 0.679. The van der Waals surface area contributed by atoms with Crippen LogP contribution >= 0.6 is 0 Å². The van der Waals surface area contributed by atoms with E-state index in [1.54, 1.807) is 11.1 Å². The molecule has 1 amide bonds. The molecule has 1 fully saturated rings. The van der Waals surface area contributed by atoms with Gasteiger partial charge in [-0.05, 0) is 45.7 Å². The summed E-state index contributed by atoms with van der Waals surface area (Å²) in [6.07, 6.45) is 2.44. The van der Waals surface area contributed by atoms with Crippen molar-refractivity contribution in [3.8, 4) is 5.88 Å². The number of aromatic nitrogens is 1. The topological polar surface area (TPSA) is 51.7 Å². The normalized spacial score (nSPS) is 18.7. The van der Waals surface area contributed by atoms with E-state index in [-0.39, 0.29) is 6.09 Å². The zero-order valence-corrected chi connectivity index (χ0v) is 13.3. The number of ether oxygens (including phenoxy) is 2. The molecule has 21 heavy (non-hydrogen) atoms. The highest BCUT2D eigenvalue weighted by Gasteiger charge is 2.30. The number of likely N-dealkylation sites (tertiary alicyclic amines) is 1. The number of pyridine rings is 1. The maximum Gasteiger partial charge on any atom is 0.410 e. The summed E-state index contributed by atoms with van der Waals surface area (Å²) in [6, 6.07) is 3.85. The smallest absolute Gasteiger partial charge is 0.410 e. The molecule has 1 aromatic heterocycles. The lowest BCUT2D eigenvalue weighted by Gasteiger charge is -2.24. The fourth-order valence-electron chi connectivity index (χ4n) is 2.25. The lowest BCUT2D eigenvalue weighted by Crippen LogP contribution is -2.35. The summed E-state index contributed by atoms with van der Waals surface area (Å²) >= 11 is 0. The zero-order valence-electron chi connectivity index (χ0n) is 13.3. The molecule has 0 saturated carbocycles. The van der Waals surface area contributed by atoms with Crippen LogP contribution in [0.25, 0.3) is 0 Å². The Morgan fingerprint density at radius 3 is 2.90 bits per heavy atom. The van der Waals surface area contributed by atoms with Crippen LogP contribution in [0.5, 0.6) is 5.88 Å². The number of nitrogens with zero attached hydrogens (tertiary/aromatic N) is 2. The molecule has 5 nitrogen and oxygen atoms in total. The molecule has 0 unspecified atom stereocenters. The van der Waals surface area contributed by atoms with Crippen molar-refractivity contribution in [2.24, 2.45) is 5.92 Å². The summed E-state index contributed by atoms with van der Waals surface area (Å²) in [6.45, 7) is 9.63. The SMILES string of the molecule is Cc1ccnc(OC[C@H]2CCN(C(=O)OC(C)(C)C)C2)c1. The number of carbonyl (C=O) groups excluding carboxylic acids is 1. The van der Waals surface area contributed by atoms with Crippen molar-refractivity contribution in [3.63, 3.8) is 0 Å². The molecule has 116 valence electrons. The summed E-state index contributed by atoms with van der Waals surface area (Å²) in [5, 5.41) is 0. The van der Waals surface area contributed by atoms with Crippen LogP contribution in [0.1, 0.15) is 32.8 Å². The largest absolute Gasteiger partial charge is 0.477 e. The van der Waals surface area contributed by atoms with Gasteiger partial charge in [-0.25, -0.2) is 9.78 Å². The van der Waals surface area contributed by atoms with Gasteiger partial charge < -0.3 is 14.4 Å². The Morgan fingerprint density at radius 2 is 2.24 bits per heavy atom. The molecule has 1 saturated heterocycles. The van der Waals surface area contributed by atoms with Crippen molar-refractivity contribution in [1.82, 2.24) is 9.88 Å². The van der Waals surface area contributed by atoms with Crippen molar-refractivity contribution in [3.05, 3.63) is 23.9 Å². The van der Waals surface area contributed by atoms with E-state index in [1.165, 1.54) is 0 Å². The summed E-state index contributed by atoms with van der Waals surface area (Å²) in [7, 11) is 0. The molecule has 2 heterocycles. The van der Waals surface area contributed by atoms with Crippen LogP contribution in [0, 0.1) is 12.8 Å². The molecular weight excluding hydrogens is 268 g/mol. The van der Waals surface area contributed by atoms with E-state index in [9.17, 15) is 4.79 Å². The van der Waals surface area contributed by atoms with Crippen molar-refractivity contribution in [1.29, 1.82) is 0 Å². The van der Waals surface area contributed by atoms with Crippen molar-refractivity contribution < 1.29 is 14.3 Å². The third-order valence-electron chi connectivity index (χ3n) is 3.29. The van der Waals surface area contributed by atoms with Gasteiger partial charge >= 0.3 is 6.09 Å². The number of aryl methyl sites for hydroxylation is 1. The first-order valence-corrected chi connectivity index (χ1v) is 7.37. The van der Waals surface area contributed by atoms with Crippen molar-refractivity contribution >= 4 is 6.09 Å². The fourth-order valence-corrected chi connectivity index (χ4v) is 2.25. The maximum atomic E-state index is 12.0. The Balaban J connectivity index is 1.79. The van der Waals surface area contributed by atoms with Gasteiger partial charge in [-0.1, -0.05) is 0 Å². The molecule has 1 aliphatic rings. The number of hydrogen-bond acceptors (Lipinski definition) is 4. The number of carbonyl (C=O) groups is 1. The Kier molecular flexibility index (Phi) is 4.70. The van der Waals surface area contributed by atoms with Gasteiger partial charge in [0, 0.05) is 31.3 Å². The van der Waals surface area contributed by atoms with Crippen LogP contribution in [-0.2, 0) is 4.74 Å². The van der Waals surface area contributed by atoms with E-state index >= 15 is 0 Å². The quantitative estimate of drug-likeness (QED) is 0.859. The Bertz CT molecular complexity index is 497. The molecule has 0 radical (unpaired) electrons. The lowest BCUT2D eigenvalue weighted by atomic mass is 10.1. The van der Waals surface area contributed by atoms with Gasteiger partial charge in [-0.15, -0.1) is 0 Å². The number of amides is 1. The first-order valence-electron chi connectivity index (χ1n) is 7.37. The highest BCUT2D eigenvalue weighted by molar-refractivity contribution is 5.68. The molecule has 0 aliphatic carbocycles. The first kappa shape index (κ1) is 15.6. The molecular formula is C16H24N2O3. The maximum absolute atomic E-state index is 12.0. The molecule has 0 bridgehead atoms. The number of hydrogen-bond donors (Lipinski definition) is 0. The zero-order chi connectivity index (χ0) is 15.5. The summed E-state index contributed by atoms with van der Waals surface area (Å²) in [5.74, 6) is 0.977. The predicted octanol–water partition coefficient (Wildman–Crippen LogP) is 3.03. The van der Waals surface area contributed by atoms with E-state index in [0.717, 1.165) is 18.5 Å². The van der Waals surface area contributed by atoms with Crippen LogP contribution in [0.4, 0.5) is 4.79 Å². The monoisotopic (exact) mass is 292 g/mol. The van der Waals surface area contributed by atoms with Crippen molar-refractivity contribution in [2.75, 3.05) is 19.7 Å². The fraction of sp³-hybridized carbons (Fsp3) is 0.625. The number of rotatable bonds is 3. The van der Waals surface area contributed by atoms with Crippen molar-refractivity contribution in [2.45, 2.75) is 39.7 Å². The van der Waals surface area contributed by atoms with E-state index in [4.69, 9.17) is 9.47 Å². The average molecular weight is 292 g/mol. The van der Waals surface area contributed by atoms with Gasteiger partial charge in [0.2, 0.25) is 5.88 Å².